The van der Waals surface area contributed by atoms with Crippen LogP contribution in [0, 0.1) is 0 Å². The van der Waals surface area contributed by atoms with Gasteiger partial charge in [0.2, 0.25) is 5.88 Å². The molecule has 0 fully saturated rings. The molecule has 6 nitrogen and oxygen atoms in total. The second-order valence-electron chi connectivity index (χ2n) is 8.75. The molecule has 182 valence electrons. The molecule has 1 aromatic heterocycles. The van der Waals surface area contributed by atoms with Gasteiger partial charge in [-0.15, -0.1) is 0 Å². The number of nitrogens with one attached hydrogen (secondary N) is 1. The van der Waals surface area contributed by atoms with Crippen LogP contribution in [0.1, 0.15) is 16.7 Å². The maximum absolute atomic E-state index is 13.7. The van der Waals surface area contributed by atoms with Crippen LogP contribution >= 0.6 is 0 Å². The molecule has 0 bridgehead atoms. The summed E-state index contributed by atoms with van der Waals surface area (Å²) in [4.78, 5) is 19.7. The summed E-state index contributed by atoms with van der Waals surface area (Å²) in [6.45, 7) is 1.33. The van der Waals surface area contributed by atoms with Crippen molar-refractivity contribution >= 4 is 11.6 Å². The van der Waals surface area contributed by atoms with Gasteiger partial charge >= 0.3 is 0 Å². The van der Waals surface area contributed by atoms with Gasteiger partial charge < -0.3 is 19.7 Å². The van der Waals surface area contributed by atoms with Crippen LogP contribution in [-0.2, 0) is 24.3 Å². The number of carbonyl (C=O) groups excluding carboxylic acids is 1. The molecule has 2 heterocycles. The number of ether oxygens (including phenoxy) is 2. The summed E-state index contributed by atoms with van der Waals surface area (Å²) in [5, 5.41) is 3.54. The average Bonchev–Trinajstić information content (AvgIpc) is 2.96. The molecule has 36 heavy (non-hydrogen) atoms. The highest BCUT2D eigenvalue weighted by molar-refractivity contribution is 5.78. The van der Waals surface area contributed by atoms with Crippen LogP contribution in [-0.4, -0.2) is 35.0 Å². The van der Waals surface area contributed by atoms with Gasteiger partial charge in [0.1, 0.15) is 12.4 Å². The normalized spacial score (nSPS) is 15.3. The van der Waals surface area contributed by atoms with E-state index in [4.69, 9.17) is 9.47 Å². The third kappa shape index (κ3) is 5.84. The zero-order valence-corrected chi connectivity index (χ0v) is 20.0. The number of aromatic nitrogens is 1. The van der Waals surface area contributed by atoms with E-state index in [9.17, 15) is 4.79 Å². The third-order valence-corrected chi connectivity index (χ3v) is 6.29. The molecule has 3 aromatic carbocycles. The summed E-state index contributed by atoms with van der Waals surface area (Å²) in [7, 11) is 0. The summed E-state index contributed by atoms with van der Waals surface area (Å²) >= 11 is 0. The van der Waals surface area contributed by atoms with Crippen LogP contribution in [0.3, 0.4) is 0 Å². The average molecular weight is 480 g/mol. The van der Waals surface area contributed by atoms with Gasteiger partial charge in [0.25, 0.3) is 5.91 Å². The van der Waals surface area contributed by atoms with Crippen molar-refractivity contribution in [2.24, 2.45) is 0 Å². The summed E-state index contributed by atoms with van der Waals surface area (Å²) in [6.07, 6.45) is 2.31. The monoisotopic (exact) mass is 479 g/mol. The van der Waals surface area contributed by atoms with Crippen LogP contribution in [0.5, 0.6) is 11.6 Å². The number of fused-ring (bicyclic) bond motifs is 2. The Hall–Kier alpha value is -4.32. The summed E-state index contributed by atoms with van der Waals surface area (Å²) in [6, 6.07) is 31.6. The summed E-state index contributed by atoms with van der Waals surface area (Å²) < 4.78 is 12.1. The molecule has 0 aliphatic carbocycles. The van der Waals surface area contributed by atoms with Crippen molar-refractivity contribution in [3.05, 3.63) is 120 Å². The van der Waals surface area contributed by atoms with Crippen LogP contribution in [0.4, 0.5) is 5.69 Å². The number of hydrogen-bond acceptors (Lipinski definition) is 5. The molecule has 0 spiro atoms. The Morgan fingerprint density at radius 1 is 0.917 bits per heavy atom. The second-order valence-corrected chi connectivity index (χ2v) is 8.75. The van der Waals surface area contributed by atoms with E-state index in [1.165, 1.54) is 0 Å². The Labute approximate surface area is 211 Å². The molecule has 1 aliphatic rings. The fraction of sp³-hybridized carbons (Fsp3) is 0.200. The zero-order valence-electron chi connectivity index (χ0n) is 20.0. The lowest BCUT2D eigenvalue weighted by atomic mass is 10.0. The van der Waals surface area contributed by atoms with Crippen molar-refractivity contribution in [1.29, 1.82) is 0 Å². The van der Waals surface area contributed by atoms with E-state index in [0.29, 0.717) is 32.0 Å². The van der Waals surface area contributed by atoms with Crippen molar-refractivity contribution in [3.8, 4) is 11.6 Å². The predicted molar refractivity (Wildman–Crippen MR) is 140 cm³/mol. The van der Waals surface area contributed by atoms with Crippen molar-refractivity contribution < 1.29 is 14.3 Å². The molecule has 0 saturated carbocycles. The largest absolute Gasteiger partial charge is 0.491 e. The van der Waals surface area contributed by atoms with E-state index >= 15 is 0 Å². The molecule has 1 N–H and O–H groups in total. The van der Waals surface area contributed by atoms with Crippen LogP contribution in [0.15, 0.2) is 103 Å². The number of amides is 1. The van der Waals surface area contributed by atoms with Gasteiger partial charge in [0, 0.05) is 36.6 Å². The lowest BCUT2D eigenvalue weighted by Gasteiger charge is -2.32. The zero-order chi connectivity index (χ0) is 24.6. The highest BCUT2D eigenvalue weighted by atomic mass is 16.5. The molecule has 0 unspecified atom stereocenters. The first-order chi connectivity index (χ1) is 17.8. The number of nitrogens with zero attached hydrogens (tertiary/aromatic N) is 2. The second kappa shape index (κ2) is 11.4. The fourth-order valence-electron chi connectivity index (χ4n) is 4.40. The Kier molecular flexibility index (Phi) is 7.42. The van der Waals surface area contributed by atoms with Crippen LogP contribution in [0.25, 0.3) is 0 Å². The van der Waals surface area contributed by atoms with Gasteiger partial charge in [-0.1, -0.05) is 72.8 Å². The van der Waals surface area contributed by atoms with Gasteiger partial charge in [-0.3, -0.25) is 4.79 Å². The van der Waals surface area contributed by atoms with Crippen LogP contribution in [0.2, 0.25) is 0 Å². The SMILES string of the molecule is O=C(COc1ccccn1)N1Cc2ccccc2NCc2ccccc2OC[C@@H]1Cc1ccccc1. The van der Waals surface area contributed by atoms with E-state index in [1.54, 1.807) is 12.3 Å². The Balaban J connectivity index is 1.49. The van der Waals surface area contributed by atoms with Gasteiger partial charge in [-0.25, -0.2) is 4.98 Å². The van der Waals surface area contributed by atoms with Crippen molar-refractivity contribution in [3.63, 3.8) is 0 Å². The van der Waals surface area contributed by atoms with Crippen LogP contribution < -0.4 is 14.8 Å². The van der Waals surface area contributed by atoms with Gasteiger partial charge in [-0.2, -0.15) is 0 Å². The number of carbonyl (C=O) groups is 1. The van der Waals surface area contributed by atoms with Gasteiger partial charge in [-0.05, 0) is 35.7 Å². The minimum atomic E-state index is -0.202. The standard InChI is InChI=1S/C30H29N3O3/c34-30(22-36-29-16-8-9-17-31-29)33-20-25-13-4-6-14-27(25)32-19-24-12-5-7-15-28(24)35-21-26(33)18-23-10-2-1-3-11-23/h1-17,26,32H,18-22H2/t26-/m0/s1. The number of rotatable bonds is 5. The first-order valence-electron chi connectivity index (χ1n) is 12.2. The number of hydrogen-bond donors (Lipinski definition) is 1. The maximum atomic E-state index is 13.7. The molecule has 0 saturated heterocycles. The molecule has 1 aliphatic heterocycles. The molecule has 0 radical (unpaired) electrons. The molecule has 4 aromatic rings. The number of para-hydroxylation sites is 2. The quantitative estimate of drug-likeness (QED) is 0.431. The number of anilines is 1. The predicted octanol–water partition coefficient (Wildman–Crippen LogP) is 5.11. The van der Waals surface area contributed by atoms with E-state index < -0.39 is 0 Å². The first kappa shape index (κ1) is 23.4. The lowest BCUT2D eigenvalue weighted by molar-refractivity contribution is -0.137. The molecule has 1 amide bonds. The van der Waals surface area contributed by atoms with E-state index in [2.05, 4.69) is 40.6 Å². The topological polar surface area (TPSA) is 63.7 Å². The molecule has 5 rings (SSSR count). The molecular weight excluding hydrogens is 450 g/mol. The Morgan fingerprint density at radius 2 is 1.67 bits per heavy atom. The van der Waals surface area contributed by atoms with E-state index in [-0.39, 0.29) is 18.6 Å². The molecule has 1 atom stereocenters. The van der Waals surface area contributed by atoms with Gasteiger partial charge in [0.05, 0.1) is 6.04 Å². The van der Waals surface area contributed by atoms with Gasteiger partial charge in [0.15, 0.2) is 6.61 Å². The van der Waals surface area contributed by atoms with Crippen molar-refractivity contribution in [2.75, 3.05) is 18.5 Å². The minimum absolute atomic E-state index is 0.103. The molecule has 6 heteroatoms. The fourth-order valence-corrected chi connectivity index (χ4v) is 4.40. The Morgan fingerprint density at radius 3 is 2.50 bits per heavy atom. The van der Waals surface area contributed by atoms with Crippen molar-refractivity contribution in [2.45, 2.75) is 25.6 Å². The molecular formula is C30H29N3O3. The number of pyridine rings is 1. The third-order valence-electron chi connectivity index (χ3n) is 6.29. The van der Waals surface area contributed by atoms with Crippen molar-refractivity contribution in [1.82, 2.24) is 9.88 Å². The van der Waals surface area contributed by atoms with E-state index in [0.717, 1.165) is 28.1 Å². The maximum Gasteiger partial charge on any atom is 0.261 e. The van der Waals surface area contributed by atoms with E-state index in [1.807, 2.05) is 65.6 Å². The summed E-state index contributed by atoms with van der Waals surface area (Å²) in [5.41, 5.74) is 4.25. The lowest BCUT2D eigenvalue weighted by Crippen LogP contribution is -2.46. The highest BCUT2D eigenvalue weighted by Gasteiger charge is 2.27. The summed E-state index contributed by atoms with van der Waals surface area (Å²) in [5.74, 6) is 1.13. The highest BCUT2D eigenvalue weighted by Crippen LogP contribution is 2.26. The first-order valence-corrected chi connectivity index (χ1v) is 12.2. The number of benzene rings is 3. The minimum Gasteiger partial charge on any atom is -0.491 e. The Bertz CT molecular complexity index is 1280. The smallest absolute Gasteiger partial charge is 0.261 e.